The summed E-state index contributed by atoms with van der Waals surface area (Å²) in [6.07, 6.45) is 0. The van der Waals surface area contributed by atoms with Crippen LogP contribution in [0.4, 0.5) is 0 Å². The van der Waals surface area contributed by atoms with Gasteiger partial charge in [0.25, 0.3) is 0 Å². The van der Waals surface area contributed by atoms with Gasteiger partial charge in [0.1, 0.15) is 44.9 Å². The van der Waals surface area contributed by atoms with Gasteiger partial charge in [0.2, 0.25) is 0 Å². The first-order valence-electron chi connectivity index (χ1n) is 10.7. The van der Waals surface area contributed by atoms with Crippen LogP contribution in [0.25, 0.3) is 11.0 Å². The number of rotatable bonds is 4. The van der Waals surface area contributed by atoms with Crippen molar-refractivity contribution >= 4 is 11.0 Å². The maximum Gasteiger partial charge on any atom is 0.336 e. The lowest BCUT2D eigenvalue weighted by atomic mass is 9.86. The number of hydrogen-bond donors (Lipinski definition) is 2. The number of piperazine rings is 1. The fourth-order valence-electron chi connectivity index (χ4n) is 4.31. The van der Waals surface area contributed by atoms with Crippen LogP contribution in [-0.2, 0) is 18.5 Å². The zero-order valence-corrected chi connectivity index (χ0v) is 17.8. The minimum absolute atomic E-state index is 0.0703. The van der Waals surface area contributed by atoms with E-state index < -0.39 is 0 Å². The van der Waals surface area contributed by atoms with E-state index in [9.17, 15) is 4.79 Å². The highest BCUT2D eigenvalue weighted by atomic mass is 16.4. The first kappa shape index (κ1) is 19.9. The third-order valence-electron chi connectivity index (χ3n) is 6.10. The zero-order chi connectivity index (χ0) is 20.4. The van der Waals surface area contributed by atoms with Gasteiger partial charge in [-0.25, -0.2) is 4.79 Å². The molecule has 1 fully saturated rings. The molecule has 0 amide bonds. The van der Waals surface area contributed by atoms with E-state index >= 15 is 0 Å². The second-order valence-corrected chi connectivity index (χ2v) is 9.39. The summed E-state index contributed by atoms with van der Waals surface area (Å²) in [5.41, 5.74) is 4.32. The topological polar surface area (TPSA) is 39.1 Å². The van der Waals surface area contributed by atoms with Crippen molar-refractivity contribution in [2.75, 3.05) is 26.2 Å². The third kappa shape index (κ3) is 4.77. The molecule has 4 nitrogen and oxygen atoms in total. The van der Waals surface area contributed by atoms with Crippen molar-refractivity contribution in [3.05, 3.63) is 81.7 Å². The van der Waals surface area contributed by atoms with Gasteiger partial charge in [-0.3, -0.25) is 0 Å². The summed E-state index contributed by atoms with van der Waals surface area (Å²) in [7, 11) is 0. The van der Waals surface area contributed by atoms with E-state index in [2.05, 4.69) is 63.2 Å². The van der Waals surface area contributed by atoms with E-state index in [0.717, 1.165) is 50.2 Å². The van der Waals surface area contributed by atoms with Crippen LogP contribution in [0.1, 0.15) is 37.5 Å². The van der Waals surface area contributed by atoms with Crippen LogP contribution in [0.5, 0.6) is 0 Å². The monoisotopic (exact) mass is 392 g/mol. The van der Waals surface area contributed by atoms with Gasteiger partial charge in [-0.1, -0.05) is 57.2 Å². The van der Waals surface area contributed by atoms with Crippen molar-refractivity contribution in [2.24, 2.45) is 0 Å². The molecule has 1 aliphatic heterocycles. The molecule has 1 aromatic heterocycles. The Morgan fingerprint density at radius 2 is 1.52 bits per heavy atom. The van der Waals surface area contributed by atoms with E-state index in [-0.39, 0.29) is 11.0 Å². The van der Waals surface area contributed by atoms with Gasteiger partial charge < -0.3 is 14.2 Å². The molecule has 0 unspecified atom stereocenters. The Balaban J connectivity index is 1.49. The summed E-state index contributed by atoms with van der Waals surface area (Å²) in [4.78, 5) is 15.3. The molecule has 0 radical (unpaired) electrons. The minimum Gasteiger partial charge on any atom is -0.423 e. The summed E-state index contributed by atoms with van der Waals surface area (Å²) < 4.78 is 5.47. The van der Waals surface area contributed by atoms with Gasteiger partial charge in [-0.05, 0) is 23.1 Å². The summed E-state index contributed by atoms with van der Waals surface area (Å²) in [6, 6.07) is 18.7. The second-order valence-electron chi connectivity index (χ2n) is 9.39. The van der Waals surface area contributed by atoms with Crippen molar-refractivity contribution in [1.82, 2.24) is 0 Å². The first-order chi connectivity index (χ1) is 13.9. The van der Waals surface area contributed by atoms with Crippen LogP contribution in [0.15, 0.2) is 63.8 Å². The van der Waals surface area contributed by atoms with Crippen molar-refractivity contribution < 1.29 is 14.2 Å². The van der Waals surface area contributed by atoms with Crippen molar-refractivity contribution in [3.8, 4) is 0 Å². The molecule has 1 aliphatic rings. The normalized spacial score (nSPS) is 20.1. The number of nitrogens with one attached hydrogen (secondary N) is 2. The Morgan fingerprint density at radius 3 is 2.17 bits per heavy atom. The lowest BCUT2D eigenvalue weighted by Crippen LogP contribution is -3.27. The van der Waals surface area contributed by atoms with Crippen LogP contribution >= 0.6 is 0 Å². The Morgan fingerprint density at radius 1 is 0.862 bits per heavy atom. The number of quaternary nitrogens is 2. The molecular formula is C25H32N2O2+2. The Kier molecular flexibility index (Phi) is 5.57. The molecule has 29 heavy (non-hydrogen) atoms. The number of hydrogen-bond acceptors (Lipinski definition) is 2. The highest BCUT2D eigenvalue weighted by molar-refractivity contribution is 5.81. The predicted octanol–water partition coefficient (Wildman–Crippen LogP) is 1.57. The van der Waals surface area contributed by atoms with Gasteiger partial charge >= 0.3 is 5.63 Å². The van der Waals surface area contributed by atoms with E-state index in [1.807, 2.05) is 6.07 Å². The van der Waals surface area contributed by atoms with E-state index in [1.54, 1.807) is 15.9 Å². The SMILES string of the molecule is CC(C)(C)c1ccc2oc(=O)cc(C[NH+]3CC[NH+](Cc4ccccc4)CC3)c2c1. The molecule has 0 aliphatic carbocycles. The Bertz CT molecular complexity index is 1030. The number of fused-ring (bicyclic) bond motifs is 1. The molecule has 0 atom stereocenters. The fourth-order valence-corrected chi connectivity index (χ4v) is 4.31. The first-order valence-corrected chi connectivity index (χ1v) is 10.7. The van der Waals surface area contributed by atoms with Crippen LogP contribution in [0.3, 0.4) is 0 Å². The van der Waals surface area contributed by atoms with Crippen LogP contribution in [0, 0.1) is 0 Å². The van der Waals surface area contributed by atoms with E-state index in [0.29, 0.717) is 5.58 Å². The van der Waals surface area contributed by atoms with Crippen LogP contribution < -0.4 is 15.4 Å². The summed E-state index contributed by atoms with van der Waals surface area (Å²) in [6.45, 7) is 13.2. The third-order valence-corrected chi connectivity index (χ3v) is 6.10. The highest BCUT2D eigenvalue weighted by Crippen LogP contribution is 2.27. The van der Waals surface area contributed by atoms with Gasteiger partial charge in [0, 0.05) is 22.6 Å². The predicted molar refractivity (Wildman–Crippen MR) is 116 cm³/mol. The van der Waals surface area contributed by atoms with Crippen LogP contribution in [-0.4, -0.2) is 26.2 Å². The molecule has 152 valence electrons. The number of benzene rings is 2. The average Bonchev–Trinajstić information content (AvgIpc) is 2.69. The second kappa shape index (κ2) is 8.13. The average molecular weight is 393 g/mol. The largest absolute Gasteiger partial charge is 0.423 e. The molecule has 4 heteroatoms. The van der Waals surface area contributed by atoms with Crippen LogP contribution in [0.2, 0.25) is 0 Å². The van der Waals surface area contributed by atoms with Gasteiger partial charge in [0.15, 0.2) is 0 Å². The lowest BCUT2D eigenvalue weighted by molar-refractivity contribution is -1.02. The Hall–Kier alpha value is -2.43. The van der Waals surface area contributed by atoms with Crippen molar-refractivity contribution in [3.63, 3.8) is 0 Å². The molecule has 2 N–H and O–H groups in total. The highest BCUT2D eigenvalue weighted by Gasteiger charge is 2.24. The molecule has 3 aromatic rings. The smallest absolute Gasteiger partial charge is 0.336 e. The molecule has 2 heterocycles. The van der Waals surface area contributed by atoms with Gasteiger partial charge in [0.05, 0.1) is 0 Å². The van der Waals surface area contributed by atoms with Crippen molar-refractivity contribution in [1.29, 1.82) is 0 Å². The molecule has 0 bridgehead atoms. The molecule has 0 saturated carbocycles. The maximum atomic E-state index is 12.1. The summed E-state index contributed by atoms with van der Waals surface area (Å²) in [5.74, 6) is 0. The molecular weight excluding hydrogens is 360 g/mol. The lowest BCUT2D eigenvalue weighted by Gasteiger charge is -2.30. The fraction of sp³-hybridized carbons (Fsp3) is 0.400. The summed E-state index contributed by atoms with van der Waals surface area (Å²) in [5, 5.41) is 1.09. The van der Waals surface area contributed by atoms with E-state index in [1.165, 1.54) is 11.1 Å². The summed E-state index contributed by atoms with van der Waals surface area (Å²) >= 11 is 0. The maximum absolute atomic E-state index is 12.1. The molecule has 2 aromatic carbocycles. The van der Waals surface area contributed by atoms with Gasteiger partial charge in [-0.2, -0.15) is 0 Å². The van der Waals surface area contributed by atoms with Crippen molar-refractivity contribution in [2.45, 2.75) is 39.3 Å². The minimum atomic E-state index is -0.247. The quantitative estimate of drug-likeness (QED) is 0.662. The molecule has 0 spiro atoms. The van der Waals surface area contributed by atoms with E-state index in [4.69, 9.17) is 4.42 Å². The Labute approximate surface area is 172 Å². The standard InChI is InChI=1S/C25H30N2O2/c1-25(2,3)21-9-10-23-22(16-21)20(15-24(28)29-23)18-27-13-11-26(12-14-27)17-19-7-5-4-6-8-19/h4-10,15-16H,11-14,17-18H2,1-3H3/p+2. The molecule has 4 rings (SSSR count). The molecule has 1 saturated heterocycles. The zero-order valence-electron chi connectivity index (χ0n) is 17.8. The van der Waals surface area contributed by atoms with Gasteiger partial charge in [-0.15, -0.1) is 0 Å².